The van der Waals surface area contributed by atoms with Gasteiger partial charge >= 0.3 is 0 Å². The molecule has 1 heterocycles. The van der Waals surface area contributed by atoms with Crippen LogP contribution in [0.15, 0.2) is 47.0 Å². The zero-order valence-electron chi connectivity index (χ0n) is 12.5. The predicted octanol–water partition coefficient (Wildman–Crippen LogP) is 4.08. The Morgan fingerprint density at radius 3 is 2.62 bits per heavy atom. The lowest BCUT2D eigenvalue weighted by molar-refractivity contribution is 0.441. The maximum atomic E-state index is 6.05. The molecule has 0 spiro atoms. The SMILES string of the molecule is CCC(N)Cc1ccc2noc(-c3ccc(C)cc3)c2c1. The Hall–Kier alpha value is -2.13. The summed E-state index contributed by atoms with van der Waals surface area (Å²) in [6.45, 7) is 4.19. The Balaban J connectivity index is 2.03. The van der Waals surface area contributed by atoms with Crippen LogP contribution in [0, 0.1) is 6.92 Å². The summed E-state index contributed by atoms with van der Waals surface area (Å²) < 4.78 is 5.55. The summed E-state index contributed by atoms with van der Waals surface area (Å²) in [6, 6.07) is 14.7. The minimum atomic E-state index is 0.199. The van der Waals surface area contributed by atoms with E-state index in [0.717, 1.165) is 35.1 Å². The second-order valence-corrected chi connectivity index (χ2v) is 5.60. The van der Waals surface area contributed by atoms with E-state index in [1.54, 1.807) is 0 Å². The topological polar surface area (TPSA) is 52.0 Å². The second kappa shape index (κ2) is 5.70. The quantitative estimate of drug-likeness (QED) is 0.783. The first kappa shape index (κ1) is 13.8. The average Bonchev–Trinajstić information content (AvgIpc) is 2.91. The number of benzene rings is 2. The molecule has 0 bridgehead atoms. The van der Waals surface area contributed by atoms with Gasteiger partial charge in [-0.1, -0.05) is 48.0 Å². The molecule has 1 unspecified atom stereocenters. The molecule has 0 fully saturated rings. The third-order valence-corrected chi connectivity index (χ3v) is 3.88. The average molecular weight is 280 g/mol. The van der Waals surface area contributed by atoms with Crippen LogP contribution >= 0.6 is 0 Å². The molecule has 0 saturated carbocycles. The Morgan fingerprint density at radius 2 is 1.90 bits per heavy atom. The highest BCUT2D eigenvalue weighted by Crippen LogP contribution is 2.29. The van der Waals surface area contributed by atoms with Gasteiger partial charge < -0.3 is 10.3 Å². The van der Waals surface area contributed by atoms with Crippen LogP contribution in [-0.4, -0.2) is 11.2 Å². The fraction of sp³-hybridized carbons (Fsp3) is 0.278. The van der Waals surface area contributed by atoms with Crippen molar-refractivity contribution in [2.75, 3.05) is 0 Å². The van der Waals surface area contributed by atoms with Gasteiger partial charge in [-0.3, -0.25) is 0 Å². The molecule has 0 aliphatic carbocycles. The van der Waals surface area contributed by atoms with E-state index >= 15 is 0 Å². The van der Waals surface area contributed by atoms with Crippen molar-refractivity contribution in [2.45, 2.75) is 32.7 Å². The highest BCUT2D eigenvalue weighted by molar-refractivity contribution is 5.92. The lowest BCUT2D eigenvalue weighted by Crippen LogP contribution is -2.21. The monoisotopic (exact) mass is 280 g/mol. The summed E-state index contributed by atoms with van der Waals surface area (Å²) in [6.07, 6.45) is 1.86. The number of hydrogen-bond donors (Lipinski definition) is 1. The van der Waals surface area contributed by atoms with Gasteiger partial charge in [-0.05, 0) is 37.5 Å². The molecule has 0 aliphatic heterocycles. The predicted molar refractivity (Wildman–Crippen MR) is 86.2 cm³/mol. The van der Waals surface area contributed by atoms with Crippen molar-refractivity contribution >= 4 is 10.9 Å². The normalized spacial score (nSPS) is 12.7. The number of aromatic nitrogens is 1. The van der Waals surface area contributed by atoms with E-state index in [9.17, 15) is 0 Å². The van der Waals surface area contributed by atoms with Gasteiger partial charge in [-0.25, -0.2) is 0 Å². The Labute approximate surface area is 124 Å². The van der Waals surface area contributed by atoms with Gasteiger partial charge in [-0.2, -0.15) is 0 Å². The minimum Gasteiger partial charge on any atom is -0.355 e. The van der Waals surface area contributed by atoms with Crippen LogP contribution in [0.3, 0.4) is 0 Å². The Morgan fingerprint density at radius 1 is 1.14 bits per heavy atom. The van der Waals surface area contributed by atoms with E-state index in [1.807, 2.05) is 6.07 Å². The zero-order chi connectivity index (χ0) is 14.8. The van der Waals surface area contributed by atoms with Crippen LogP contribution < -0.4 is 5.73 Å². The molecule has 0 aliphatic rings. The molecule has 3 heteroatoms. The summed E-state index contributed by atoms with van der Waals surface area (Å²) >= 11 is 0. The van der Waals surface area contributed by atoms with Crippen molar-refractivity contribution in [3.63, 3.8) is 0 Å². The summed E-state index contributed by atoms with van der Waals surface area (Å²) in [7, 11) is 0. The van der Waals surface area contributed by atoms with Gasteiger partial charge in [0, 0.05) is 17.0 Å². The molecule has 3 rings (SSSR count). The van der Waals surface area contributed by atoms with Crippen LogP contribution in [-0.2, 0) is 6.42 Å². The highest BCUT2D eigenvalue weighted by Gasteiger charge is 2.12. The number of nitrogens with two attached hydrogens (primary N) is 1. The Bertz CT molecular complexity index is 744. The molecule has 1 aromatic heterocycles. The lowest BCUT2D eigenvalue weighted by atomic mass is 10.0. The minimum absolute atomic E-state index is 0.199. The van der Waals surface area contributed by atoms with Crippen LogP contribution in [0.1, 0.15) is 24.5 Å². The van der Waals surface area contributed by atoms with Gasteiger partial charge in [0.25, 0.3) is 0 Å². The summed E-state index contributed by atoms with van der Waals surface area (Å²) in [5.74, 6) is 0.830. The van der Waals surface area contributed by atoms with Gasteiger partial charge in [-0.15, -0.1) is 0 Å². The van der Waals surface area contributed by atoms with Crippen LogP contribution in [0.25, 0.3) is 22.2 Å². The van der Waals surface area contributed by atoms with Crippen molar-refractivity contribution in [3.05, 3.63) is 53.6 Å². The van der Waals surface area contributed by atoms with Crippen LogP contribution in [0.4, 0.5) is 0 Å². The molecule has 0 saturated heterocycles. The smallest absolute Gasteiger partial charge is 0.174 e. The first-order chi connectivity index (χ1) is 10.2. The fourth-order valence-corrected chi connectivity index (χ4v) is 2.48. The third kappa shape index (κ3) is 2.83. The maximum absolute atomic E-state index is 6.05. The Kier molecular flexibility index (Phi) is 3.76. The van der Waals surface area contributed by atoms with E-state index in [4.69, 9.17) is 10.3 Å². The van der Waals surface area contributed by atoms with Crippen LogP contribution in [0.2, 0.25) is 0 Å². The van der Waals surface area contributed by atoms with Crippen molar-refractivity contribution < 1.29 is 4.52 Å². The lowest BCUT2D eigenvalue weighted by Gasteiger charge is -2.08. The largest absolute Gasteiger partial charge is 0.355 e. The summed E-state index contributed by atoms with van der Waals surface area (Å²) in [4.78, 5) is 0. The van der Waals surface area contributed by atoms with E-state index in [1.165, 1.54) is 11.1 Å². The van der Waals surface area contributed by atoms with Crippen molar-refractivity contribution in [1.29, 1.82) is 0 Å². The molecule has 1 atom stereocenters. The molecule has 0 amide bonds. The number of nitrogens with zero attached hydrogens (tertiary/aromatic N) is 1. The molecule has 2 aromatic carbocycles. The van der Waals surface area contributed by atoms with E-state index in [2.05, 4.69) is 55.4 Å². The molecule has 0 radical (unpaired) electrons. The van der Waals surface area contributed by atoms with E-state index in [0.29, 0.717) is 0 Å². The number of hydrogen-bond acceptors (Lipinski definition) is 3. The molecule has 2 N–H and O–H groups in total. The number of rotatable bonds is 4. The molecular formula is C18H20N2O. The molecule has 3 aromatic rings. The van der Waals surface area contributed by atoms with Gasteiger partial charge in [0.2, 0.25) is 0 Å². The first-order valence-corrected chi connectivity index (χ1v) is 7.38. The maximum Gasteiger partial charge on any atom is 0.174 e. The fourth-order valence-electron chi connectivity index (χ4n) is 2.48. The third-order valence-electron chi connectivity index (χ3n) is 3.88. The first-order valence-electron chi connectivity index (χ1n) is 7.38. The standard InChI is InChI=1S/C18H20N2O/c1-3-15(19)10-13-6-9-17-16(11-13)18(21-20-17)14-7-4-12(2)5-8-14/h4-9,11,15H,3,10,19H2,1-2H3. The second-order valence-electron chi connectivity index (χ2n) is 5.60. The molecule has 21 heavy (non-hydrogen) atoms. The molecule has 3 nitrogen and oxygen atoms in total. The number of aryl methyl sites for hydroxylation is 1. The summed E-state index contributed by atoms with van der Waals surface area (Å²) in [5, 5.41) is 5.21. The van der Waals surface area contributed by atoms with Crippen molar-refractivity contribution in [2.24, 2.45) is 5.73 Å². The van der Waals surface area contributed by atoms with E-state index in [-0.39, 0.29) is 6.04 Å². The van der Waals surface area contributed by atoms with Gasteiger partial charge in [0.15, 0.2) is 5.76 Å². The highest BCUT2D eigenvalue weighted by atomic mass is 16.5. The van der Waals surface area contributed by atoms with Crippen LogP contribution in [0.5, 0.6) is 0 Å². The van der Waals surface area contributed by atoms with Crippen molar-refractivity contribution in [3.8, 4) is 11.3 Å². The van der Waals surface area contributed by atoms with Gasteiger partial charge in [0.1, 0.15) is 5.52 Å². The van der Waals surface area contributed by atoms with Crippen molar-refractivity contribution in [1.82, 2.24) is 5.16 Å². The number of fused-ring (bicyclic) bond motifs is 1. The van der Waals surface area contributed by atoms with E-state index < -0.39 is 0 Å². The molecular weight excluding hydrogens is 260 g/mol. The molecule has 108 valence electrons. The van der Waals surface area contributed by atoms with Gasteiger partial charge in [0.05, 0.1) is 0 Å². The summed E-state index contributed by atoms with van der Waals surface area (Å²) in [5.41, 5.74) is 10.5. The zero-order valence-corrected chi connectivity index (χ0v) is 12.5.